The van der Waals surface area contributed by atoms with E-state index in [2.05, 4.69) is 15.3 Å². The van der Waals surface area contributed by atoms with Gasteiger partial charge in [-0.05, 0) is 36.8 Å². The first-order valence-corrected chi connectivity index (χ1v) is 7.88. The lowest BCUT2D eigenvalue weighted by Crippen LogP contribution is -2.26. The first-order valence-electron chi connectivity index (χ1n) is 7.88. The Hall–Kier alpha value is -3.36. The fraction of sp³-hybridized carbons (Fsp3) is 0.167. The van der Waals surface area contributed by atoms with Crippen LogP contribution in [-0.4, -0.2) is 15.9 Å². The maximum Gasteiger partial charge on any atom is 0.416 e. The van der Waals surface area contributed by atoms with E-state index in [0.29, 0.717) is 17.2 Å². The van der Waals surface area contributed by atoms with Crippen molar-refractivity contribution in [3.63, 3.8) is 0 Å². The monoisotopic (exact) mass is 376 g/mol. The normalized spacial score (nSPS) is 11.4. The number of hydrogen-bond donors (Lipinski definition) is 2. The third-order valence-corrected chi connectivity index (χ3v) is 3.73. The molecule has 3 N–H and O–H groups in total. The number of hydrogen-bond acceptors (Lipinski definition) is 5. The molecule has 0 aliphatic rings. The summed E-state index contributed by atoms with van der Waals surface area (Å²) in [6.07, 6.45) is -4.51. The van der Waals surface area contributed by atoms with Crippen LogP contribution in [0, 0.1) is 6.92 Å². The summed E-state index contributed by atoms with van der Waals surface area (Å²) < 4.78 is 44.5. The Morgan fingerprint density at radius 1 is 1.19 bits per heavy atom. The number of benzene rings is 1. The third kappa shape index (κ3) is 4.25. The molecule has 0 fully saturated rings. The number of aryl methyl sites for hydroxylation is 1. The standard InChI is InChI=1S/C18H15F3N4O2/c1-10-6-7-15(27-10)13-8-14(25-17(22)24-13)16(26)23-9-11-4-2-3-5-12(11)18(19,20)21/h2-8H,9H2,1H3,(H,23,26)(H2,22,24,25). The molecule has 2 heterocycles. The van der Waals surface area contributed by atoms with E-state index in [1.165, 1.54) is 24.3 Å². The van der Waals surface area contributed by atoms with Crippen LogP contribution in [0.15, 0.2) is 46.9 Å². The van der Waals surface area contributed by atoms with Gasteiger partial charge in [0.1, 0.15) is 17.1 Å². The first-order chi connectivity index (χ1) is 12.7. The van der Waals surface area contributed by atoms with E-state index >= 15 is 0 Å². The zero-order valence-corrected chi connectivity index (χ0v) is 14.2. The maximum absolute atomic E-state index is 13.0. The minimum Gasteiger partial charge on any atom is -0.460 e. The number of furan rings is 1. The molecule has 0 saturated carbocycles. The number of anilines is 1. The van der Waals surface area contributed by atoms with Crippen molar-refractivity contribution in [2.75, 3.05) is 5.73 Å². The lowest BCUT2D eigenvalue weighted by molar-refractivity contribution is -0.138. The Labute approximate surface area is 152 Å². The molecular formula is C18H15F3N4O2. The maximum atomic E-state index is 13.0. The number of nitrogen functional groups attached to an aromatic ring is 1. The summed E-state index contributed by atoms with van der Waals surface area (Å²) in [6.45, 7) is 1.44. The lowest BCUT2D eigenvalue weighted by atomic mass is 10.1. The molecule has 27 heavy (non-hydrogen) atoms. The van der Waals surface area contributed by atoms with Crippen LogP contribution in [0.1, 0.15) is 27.4 Å². The van der Waals surface area contributed by atoms with E-state index < -0.39 is 17.6 Å². The van der Waals surface area contributed by atoms with Gasteiger partial charge in [0.05, 0.1) is 5.56 Å². The number of halogens is 3. The molecule has 0 radical (unpaired) electrons. The molecule has 0 aliphatic heterocycles. The number of nitrogens with two attached hydrogens (primary N) is 1. The average molecular weight is 376 g/mol. The van der Waals surface area contributed by atoms with Gasteiger partial charge in [-0.1, -0.05) is 18.2 Å². The van der Waals surface area contributed by atoms with Crippen molar-refractivity contribution in [1.29, 1.82) is 0 Å². The van der Waals surface area contributed by atoms with E-state index in [1.807, 2.05) is 0 Å². The Bertz CT molecular complexity index is 983. The topological polar surface area (TPSA) is 94.0 Å². The highest BCUT2D eigenvalue weighted by Gasteiger charge is 2.32. The Morgan fingerprint density at radius 3 is 2.59 bits per heavy atom. The lowest BCUT2D eigenvalue weighted by Gasteiger charge is -2.13. The molecule has 3 rings (SSSR count). The van der Waals surface area contributed by atoms with Crippen molar-refractivity contribution < 1.29 is 22.4 Å². The number of carbonyl (C=O) groups is 1. The molecular weight excluding hydrogens is 361 g/mol. The van der Waals surface area contributed by atoms with Crippen molar-refractivity contribution in [3.05, 3.63) is 65.0 Å². The largest absolute Gasteiger partial charge is 0.460 e. The van der Waals surface area contributed by atoms with Crippen LogP contribution in [0.3, 0.4) is 0 Å². The highest BCUT2D eigenvalue weighted by atomic mass is 19.4. The molecule has 9 heteroatoms. The fourth-order valence-electron chi connectivity index (χ4n) is 2.50. The minimum atomic E-state index is -4.51. The SMILES string of the molecule is Cc1ccc(-c2cc(C(=O)NCc3ccccc3C(F)(F)F)nc(N)n2)o1. The summed E-state index contributed by atoms with van der Waals surface area (Å²) in [5.74, 6) is 0.225. The number of aromatic nitrogens is 2. The first kappa shape index (κ1) is 18.4. The van der Waals surface area contributed by atoms with E-state index in [4.69, 9.17) is 10.2 Å². The summed E-state index contributed by atoms with van der Waals surface area (Å²) >= 11 is 0. The second-order valence-corrected chi connectivity index (χ2v) is 5.74. The van der Waals surface area contributed by atoms with Crippen LogP contribution in [0.4, 0.5) is 19.1 Å². The predicted octanol–water partition coefficient (Wildman–Crippen LogP) is 3.58. The molecule has 0 bridgehead atoms. The number of amides is 1. The van der Waals surface area contributed by atoms with Gasteiger partial charge in [-0.3, -0.25) is 4.79 Å². The molecule has 6 nitrogen and oxygen atoms in total. The third-order valence-electron chi connectivity index (χ3n) is 3.73. The van der Waals surface area contributed by atoms with E-state index in [1.54, 1.807) is 19.1 Å². The van der Waals surface area contributed by atoms with Crippen LogP contribution in [-0.2, 0) is 12.7 Å². The van der Waals surface area contributed by atoms with Crippen LogP contribution < -0.4 is 11.1 Å². The molecule has 140 valence electrons. The second kappa shape index (κ2) is 7.10. The average Bonchev–Trinajstić information content (AvgIpc) is 3.05. The summed E-state index contributed by atoms with van der Waals surface area (Å²) in [5.41, 5.74) is 5.01. The second-order valence-electron chi connectivity index (χ2n) is 5.74. The number of alkyl halides is 3. The summed E-state index contributed by atoms with van der Waals surface area (Å²) in [4.78, 5) is 20.2. The van der Waals surface area contributed by atoms with Gasteiger partial charge in [0.25, 0.3) is 5.91 Å². The van der Waals surface area contributed by atoms with Crippen molar-refractivity contribution >= 4 is 11.9 Å². The summed E-state index contributed by atoms with van der Waals surface area (Å²) in [7, 11) is 0. The highest BCUT2D eigenvalue weighted by Crippen LogP contribution is 2.31. The van der Waals surface area contributed by atoms with Gasteiger partial charge in [-0.2, -0.15) is 13.2 Å². The molecule has 0 atom stereocenters. The molecule has 2 aromatic heterocycles. The quantitative estimate of drug-likeness (QED) is 0.726. The summed E-state index contributed by atoms with van der Waals surface area (Å²) in [5, 5.41) is 2.42. The summed E-state index contributed by atoms with van der Waals surface area (Å²) in [6, 6.07) is 9.77. The zero-order valence-electron chi connectivity index (χ0n) is 14.2. The number of nitrogens with zero attached hydrogens (tertiary/aromatic N) is 2. The molecule has 3 aromatic rings. The van der Waals surface area contributed by atoms with Crippen molar-refractivity contribution in [2.24, 2.45) is 0 Å². The Morgan fingerprint density at radius 2 is 1.93 bits per heavy atom. The molecule has 0 saturated heterocycles. The zero-order chi connectivity index (χ0) is 19.6. The molecule has 0 unspecified atom stereocenters. The van der Waals surface area contributed by atoms with Gasteiger partial charge in [0, 0.05) is 6.54 Å². The van der Waals surface area contributed by atoms with Crippen LogP contribution in [0.5, 0.6) is 0 Å². The van der Waals surface area contributed by atoms with Gasteiger partial charge in [-0.25, -0.2) is 9.97 Å². The predicted molar refractivity (Wildman–Crippen MR) is 91.5 cm³/mol. The van der Waals surface area contributed by atoms with Gasteiger partial charge < -0.3 is 15.5 Å². The molecule has 1 aromatic carbocycles. The van der Waals surface area contributed by atoms with Crippen molar-refractivity contribution in [3.8, 4) is 11.5 Å². The van der Waals surface area contributed by atoms with Crippen molar-refractivity contribution in [1.82, 2.24) is 15.3 Å². The van der Waals surface area contributed by atoms with Crippen LogP contribution >= 0.6 is 0 Å². The van der Waals surface area contributed by atoms with Gasteiger partial charge in [-0.15, -0.1) is 0 Å². The molecule has 1 amide bonds. The Kier molecular flexibility index (Phi) is 4.85. The van der Waals surface area contributed by atoms with Gasteiger partial charge >= 0.3 is 6.18 Å². The Balaban J connectivity index is 1.81. The van der Waals surface area contributed by atoms with Crippen LogP contribution in [0.2, 0.25) is 0 Å². The van der Waals surface area contributed by atoms with E-state index in [9.17, 15) is 18.0 Å². The number of rotatable bonds is 4. The van der Waals surface area contributed by atoms with E-state index in [-0.39, 0.29) is 23.8 Å². The van der Waals surface area contributed by atoms with Gasteiger partial charge in [0.15, 0.2) is 5.76 Å². The molecule has 0 aliphatic carbocycles. The van der Waals surface area contributed by atoms with Gasteiger partial charge in [0.2, 0.25) is 5.95 Å². The minimum absolute atomic E-state index is 0.0535. The molecule has 0 spiro atoms. The van der Waals surface area contributed by atoms with Crippen LogP contribution in [0.25, 0.3) is 11.5 Å². The number of nitrogens with one attached hydrogen (secondary N) is 1. The van der Waals surface area contributed by atoms with Crippen molar-refractivity contribution in [2.45, 2.75) is 19.6 Å². The highest BCUT2D eigenvalue weighted by molar-refractivity contribution is 5.93. The fourth-order valence-corrected chi connectivity index (χ4v) is 2.50. The number of carbonyl (C=O) groups excluding carboxylic acids is 1. The van der Waals surface area contributed by atoms with E-state index in [0.717, 1.165) is 6.07 Å². The smallest absolute Gasteiger partial charge is 0.416 e.